The van der Waals surface area contributed by atoms with E-state index in [2.05, 4.69) is 19.8 Å². The van der Waals surface area contributed by atoms with Gasteiger partial charge >= 0.3 is 0 Å². The highest BCUT2D eigenvalue weighted by molar-refractivity contribution is 5.48. The topological polar surface area (TPSA) is 47.8 Å². The van der Waals surface area contributed by atoms with Gasteiger partial charge in [0.05, 0.1) is 18.0 Å². The molecule has 2 aromatic rings. The van der Waals surface area contributed by atoms with E-state index in [-0.39, 0.29) is 18.0 Å². The Morgan fingerprint density at radius 3 is 2.59 bits per heavy atom. The van der Waals surface area contributed by atoms with Crippen molar-refractivity contribution in [2.45, 2.75) is 25.1 Å². The Kier molecular flexibility index (Phi) is 5.43. The third kappa shape index (κ3) is 4.15. The van der Waals surface area contributed by atoms with E-state index in [1.54, 1.807) is 6.07 Å². The molecule has 146 valence electrons. The first-order chi connectivity index (χ1) is 13.1. The molecule has 2 aliphatic heterocycles. The molecule has 3 heterocycles. The van der Waals surface area contributed by atoms with Gasteiger partial charge < -0.3 is 10.0 Å². The molecule has 1 N–H and O–H groups in total. The summed E-state index contributed by atoms with van der Waals surface area (Å²) in [5.41, 5.74) is 1.87. The molecule has 0 spiro atoms. The minimum Gasteiger partial charge on any atom is -0.390 e. The highest BCUT2D eigenvalue weighted by Crippen LogP contribution is 2.24. The molecule has 4 rings (SSSR count). The standard InChI is InChI=1S/C20H28FN5O/c1-23-13-16(12-22-23)14-24-7-6-19(20(27)15-24)26-10-8-25(9-11-26)18-5-3-2-4-17(18)21/h2-5,12-13,19-20,27H,6-11,14-15H2,1H3/t19-,20-/m1/s1. The van der Waals surface area contributed by atoms with E-state index < -0.39 is 0 Å². The zero-order chi connectivity index (χ0) is 18.8. The maximum atomic E-state index is 14.0. The molecule has 2 atom stereocenters. The van der Waals surface area contributed by atoms with Crippen molar-refractivity contribution in [2.75, 3.05) is 44.2 Å². The normalized spacial score (nSPS) is 25.1. The first-order valence-electron chi connectivity index (χ1n) is 9.71. The van der Waals surface area contributed by atoms with Crippen molar-refractivity contribution in [1.82, 2.24) is 19.6 Å². The molecule has 2 saturated heterocycles. The van der Waals surface area contributed by atoms with E-state index in [1.807, 2.05) is 36.3 Å². The monoisotopic (exact) mass is 373 g/mol. The SMILES string of the molecule is Cn1cc(CN2CC[C@@H](N3CCN(c4ccccc4F)CC3)[C@H](O)C2)cn1. The van der Waals surface area contributed by atoms with Crippen LogP contribution in [0.3, 0.4) is 0 Å². The average molecular weight is 373 g/mol. The van der Waals surface area contributed by atoms with Gasteiger partial charge in [-0.25, -0.2) is 4.39 Å². The van der Waals surface area contributed by atoms with Gasteiger partial charge in [0.25, 0.3) is 0 Å². The number of piperazine rings is 1. The van der Waals surface area contributed by atoms with Crippen LogP contribution in [-0.2, 0) is 13.6 Å². The summed E-state index contributed by atoms with van der Waals surface area (Å²) < 4.78 is 15.8. The molecule has 27 heavy (non-hydrogen) atoms. The van der Waals surface area contributed by atoms with E-state index in [0.717, 1.165) is 45.7 Å². The summed E-state index contributed by atoms with van der Waals surface area (Å²) in [5.74, 6) is -0.158. The second-order valence-corrected chi connectivity index (χ2v) is 7.66. The third-order valence-electron chi connectivity index (χ3n) is 5.77. The second-order valence-electron chi connectivity index (χ2n) is 7.66. The smallest absolute Gasteiger partial charge is 0.146 e. The number of benzene rings is 1. The zero-order valence-electron chi connectivity index (χ0n) is 15.8. The first-order valence-corrected chi connectivity index (χ1v) is 9.71. The summed E-state index contributed by atoms with van der Waals surface area (Å²) in [6, 6.07) is 7.16. The van der Waals surface area contributed by atoms with Crippen molar-refractivity contribution in [3.63, 3.8) is 0 Å². The lowest BCUT2D eigenvalue weighted by atomic mass is 9.98. The van der Waals surface area contributed by atoms with E-state index >= 15 is 0 Å². The Balaban J connectivity index is 1.30. The minimum absolute atomic E-state index is 0.158. The zero-order valence-corrected chi connectivity index (χ0v) is 15.8. The molecule has 2 aliphatic rings. The van der Waals surface area contributed by atoms with Crippen LogP contribution < -0.4 is 4.90 Å². The Morgan fingerprint density at radius 2 is 1.93 bits per heavy atom. The number of hydrogen-bond donors (Lipinski definition) is 1. The number of halogens is 1. The van der Waals surface area contributed by atoms with Crippen LogP contribution in [0.1, 0.15) is 12.0 Å². The summed E-state index contributed by atoms with van der Waals surface area (Å²) >= 11 is 0. The van der Waals surface area contributed by atoms with E-state index in [0.29, 0.717) is 12.2 Å². The van der Waals surface area contributed by atoms with Crippen LogP contribution in [0.2, 0.25) is 0 Å². The van der Waals surface area contributed by atoms with Gasteiger partial charge in [-0.3, -0.25) is 14.5 Å². The molecule has 0 aliphatic carbocycles. The number of aromatic nitrogens is 2. The fraction of sp³-hybridized carbons (Fsp3) is 0.550. The summed E-state index contributed by atoms with van der Waals surface area (Å²) in [6.07, 6.45) is 4.53. The Hall–Kier alpha value is -1.96. The van der Waals surface area contributed by atoms with Crippen LogP contribution in [0.5, 0.6) is 0 Å². The molecule has 1 aromatic carbocycles. The number of anilines is 1. The lowest BCUT2D eigenvalue weighted by Gasteiger charge is -2.45. The fourth-order valence-electron chi connectivity index (χ4n) is 4.37. The molecule has 0 bridgehead atoms. The summed E-state index contributed by atoms with van der Waals surface area (Å²) in [6.45, 7) is 5.81. The molecule has 6 nitrogen and oxygen atoms in total. The maximum absolute atomic E-state index is 14.0. The lowest BCUT2D eigenvalue weighted by molar-refractivity contribution is -0.0172. The molecular weight excluding hydrogens is 345 g/mol. The molecule has 0 amide bonds. The van der Waals surface area contributed by atoms with Crippen LogP contribution in [0.4, 0.5) is 10.1 Å². The molecule has 1 aromatic heterocycles. The van der Waals surface area contributed by atoms with Crippen molar-refractivity contribution in [3.05, 3.63) is 48.0 Å². The molecule has 7 heteroatoms. The van der Waals surface area contributed by atoms with Gasteiger partial charge in [0.1, 0.15) is 5.82 Å². The predicted molar refractivity (Wildman–Crippen MR) is 103 cm³/mol. The number of para-hydroxylation sites is 1. The highest BCUT2D eigenvalue weighted by Gasteiger charge is 2.34. The van der Waals surface area contributed by atoms with E-state index in [4.69, 9.17) is 0 Å². The second kappa shape index (κ2) is 7.96. The summed E-state index contributed by atoms with van der Waals surface area (Å²) in [7, 11) is 1.92. The van der Waals surface area contributed by atoms with E-state index in [9.17, 15) is 9.50 Å². The van der Waals surface area contributed by atoms with Gasteiger partial charge in [-0.05, 0) is 18.6 Å². The predicted octanol–water partition coefficient (Wildman–Crippen LogP) is 1.32. The highest BCUT2D eigenvalue weighted by atomic mass is 19.1. The van der Waals surface area contributed by atoms with Gasteiger partial charge in [-0.1, -0.05) is 12.1 Å². The van der Waals surface area contributed by atoms with Gasteiger partial charge in [-0.15, -0.1) is 0 Å². The minimum atomic E-state index is -0.351. The molecule has 0 unspecified atom stereocenters. The lowest BCUT2D eigenvalue weighted by Crippen LogP contribution is -2.58. The summed E-state index contributed by atoms with van der Waals surface area (Å²) in [5, 5.41) is 14.9. The average Bonchev–Trinajstić information content (AvgIpc) is 3.07. The van der Waals surface area contributed by atoms with Crippen LogP contribution in [-0.4, -0.2) is 76.1 Å². The fourth-order valence-corrected chi connectivity index (χ4v) is 4.37. The number of aliphatic hydroxyl groups excluding tert-OH is 1. The quantitative estimate of drug-likeness (QED) is 0.876. The number of β-amino-alcohol motifs (C(OH)–C–C–N with tert-alkyl or cyclic N) is 1. The van der Waals surface area contributed by atoms with Crippen molar-refractivity contribution in [1.29, 1.82) is 0 Å². The van der Waals surface area contributed by atoms with Crippen molar-refractivity contribution in [3.8, 4) is 0 Å². The number of aryl methyl sites for hydroxylation is 1. The van der Waals surface area contributed by atoms with Crippen LogP contribution >= 0.6 is 0 Å². The Labute approximate surface area is 159 Å². The molecule has 2 fully saturated rings. The van der Waals surface area contributed by atoms with Gasteiger partial charge in [0.15, 0.2) is 0 Å². The van der Waals surface area contributed by atoms with Crippen molar-refractivity contribution in [2.24, 2.45) is 7.05 Å². The molecule has 0 radical (unpaired) electrons. The van der Waals surface area contributed by atoms with Crippen molar-refractivity contribution < 1.29 is 9.50 Å². The molecular formula is C20H28FN5O. The van der Waals surface area contributed by atoms with Gasteiger partial charge in [0, 0.05) is 70.7 Å². The number of rotatable bonds is 4. The maximum Gasteiger partial charge on any atom is 0.146 e. The first kappa shape index (κ1) is 18.4. The Morgan fingerprint density at radius 1 is 1.15 bits per heavy atom. The Bertz CT molecular complexity index is 758. The number of nitrogens with zero attached hydrogens (tertiary/aromatic N) is 5. The number of aliphatic hydroxyl groups is 1. The van der Waals surface area contributed by atoms with Crippen LogP contribution in [0, 0.1) is 5.82 Å². The van der Waals surface area contributed by atoms with Crippen LogP contribution in [0.25, 0.3) is 0 Å². The number of piperidine rings is 1. The van der Waals surface area contributed by atoms with E-state index in [1.165, 1.54) is 11.6 Å². The van der Waals surface area contributed by atoms with Gasteiger partial charge in [-0.2, -0.15) is 5.10 Å². The third-order valence-corrected chi connectivity index (χ3v) is 5.77. The van der Waals surface area contributed by atoms with Crippen molar-refractivity contribution >= 4 is 5.69 Å². The molecule has 0 saturated carbocycles. The number of hydrogen-bond acceptors (Lipinski definition) is 5. The largest absolute Gasteiger partial charge is 0.390 e. The summed E-state index contributed by atoms with van der Waals surface area (Å²) in [4.78, 5) is 6.78. The number of likely N-dealkylation sites (tertiary alicyclic amines) is 1. The van der Waals surface area contributed by atoms with Crippen LogP contribution in [0.15, 0.2) is 36.7 Å². The van der Waals surface area contributed by atoms with Gasteiger partial charge in [0.2, 0.25) is 0 Å².